The topological polar surface area (TPSA) is 97.4 Å². The van der Waals surface area contributed by atoms with E-state index in [0.29, 0.717) is 63.8 Å². The summed E-state index contributed by atoms with van der Waals surface area (Å²) in [6, 6.07) is 7.85. The van der Waals surface area contributed by atoms with Gasteiger partial charge in [-0.15, -0.1) is 0 Å². The Kier molecular flexibility index (Phi) is 6.80. The van der Waals surface area contributed by atoms with Crippen molar-refractivity contribution < 1.29 is 9.18 Å². The van der Waals surface area contributed by atoms with Crippen molar-refractivity contribution in [2.75, 3.05) is 23.7 Å². The summed E-state index contributed by atoms with van der Waals surface area (Å²) in [6.07, 6.45) is 3.46. The summed E-state index contributed by atoms with van der Waals surface area (Å²) in [5, 5.41) is 0.810. The molecule has 2 atom stereocenters. The minimum absolute atomic E-state index is 0.00374. The zero-order chi connectivity index (χ0) is 30.0. The lowest BCUT2D eigenvalue weighted by molar-refractivity contribution is -0.128. The molecule has 4 aromatic rings. The highest BCUT2D eigenvalue weighted by Crippen LogP contribution is 2.42. The maximum atomic E-state index is 16.1. The molecular formula is C32H32ClFN6O2. The number of carbonyl (C=O) groups excluding carboxylic acids is 1. The van der Waals surface area contributed by atoms with Gasteiger partial charge in [-0.25, -0.2) is 9.37 Å². The highest BCUT2D eigenvalue weighted by Gasteiger charge is 2.42. The second kappa shape index (κ2) is 10.2. The van der Waals surface area contributed by atoms with E-state index in [9.17, 15) is 9.59 Å². The lowest BCUT2D eigenvalue weighted by Crippen LogP contribution is -2.57. The predicted molar refractivity (Wildman–Crippen MR) is 165 cm³/mol. The monoisotopic (exact) mass is 586 g/mol. The van der Waals surface area contributed by atoms with Crippen LogP contribution in [-0.2, 0) is 11.2 Å². The number of hydrogen-bond donors (Lipinski definition) is 1. The Morgan fingerprint density at radius 3 is 2.69 bits per heavy atom. The number of pyridine rings is 3. The first-order valence-corrected chi connectivity index (χ1v) is 14.4. The van der Waals surface area contributed by atoms with E-state index >= 15 is 4.39 Å². The van der Waals surface area contributed by atoms with Crippen molar-refractivity contribution in [3.05, 3.63) is 87.2 Å². The molecule has 5 heterocycles. The van der Waals surface area contributed by atoms with Gasteiger partial charge in [0, 0.05) is 53.9 Å². The molecular weight excluding hydrogens is 555 g/mol. The summed E-state index contributed by atoms with van der Waals surface area (Å²) in [5.41, 5.74) is 10.3. The second-order valence-electron chi connectivity index (χ2n) is 11.5. The van der Waals surface area contributed by atoms with Gasteiger partial charge in [0.15, 0.2) is 0 Å². The van der Waals surface area contributed by atoms with Gasteiger partial charge in [0.05, 0.1) is 28.1 Å². The van der Waals surface area contributed by atoms with E-state index in [2.05, 4.69) is 16.5 Å². The summed E-state index contributed by atoms with van der Waals surface area (Å²) >= 11 is 6.50. The number of nitrogen functional groups attached to an aromatic ring is 1. The second-order valence-corrected chi connectivity index (χ2v) is 11.9. The molecule has 10 heteroatoms. The van der Waals surface area contributed by atoms with Crippen LogP contribution in [0.3, 0.4) is 0 Å². The van der Waals surface area contributed by atoms with Gasteiger partial charge in [0.2, 0.25) is 5.91 Å². The third-order valence-corrected chi connectivity index (χ3v) is 8.70. The molecule has 2 aliphatic rings. The molecule has 2 N–H and O–H groups in total. The maximum absolute atomic E-state index is 16.1. The molecule has 0 radical (unpaired) electrons. The number of anilines is 2. The number of halogens is 2. The molecule has 6 rings (SSSR count). The lowest BCUT2D eigenvalue weighted by atomic mass is 10.0. The zero-order valence-corrected chi connectivity index (χ0v) is 24.7. The van der Waals surface area contributed by atoms with Crippen LogP contribution in [-0.4, -0.2) is 50.5 Å². The first kappa shape index (κ1) is 27.9. The van der Waals surface area contributed by atoms with Crippen LogP contribution in [0.2, 0.25) is 5.02 Å². The lowest BCUT2D eigenvalue weighted by Gasteiger charge is -2.43. The Morgan fingerprint density at radius 2 is 1.98 bits per heavy atom. The van der Waals surface area contributed by atoms with Crippen molar-refractivity contribution in [3.63, 3.8) is 0 Å². The minimum atomic E-state index is -0.577. The maximum Gasteiger partial charge on any atom is 0.262 e. The first-order chi connectivity index (χ1) is 20.0. The molecule has 2 aliphatic heterocycles. The summed E-state index contributed by atoms with van der Waals surface area (Å²) in [7, 11) is 0. The van der Waals surface area contributed by atoms with E-state index in [-0.39, 0.29) is 35.2 Å². The van der Waals surface area contributed by atoms with Crippen LogP contribution in [0.5, 0.6) is 0 Å². The van der Waals surface area contributed by atoms with Gasteiger partial charge in [0.25, 0.3) is 5.56 Å². The molecule has 1 aromatic carbocycles. The Balaban J connectivity index is 1.69. The number of hydrogen-bond acceptors (Lipinski definition) is 6. The molecule has 2 unspecified atom stereocenters. The standard InChI is InChI=1S/C32H32ClFN6O2/c1-6-26(41)38-15-20-12-23-30(39(20)14-18(38)5)22-13-25(34)28(21-11-19(35)7-8-24(21)33)37-31(22)40(32(23)42)29-17(4)9-10-36-27(29)16(2)3/h6-11,13,16,18,20H,1,12,14-15,35H2,2-5H3. The molecule has 8 nitrogen and oxygen atoms in total. The average molecular weight is 587 g/mol. The molecule has 0 aliphatic carbocycles. The van der Waals surface area contributed by atoms with Gasteiger partial charge in [0.1, 0.15) is 17.2 Å². The molecule has 0 saturated carbocycles. The van der Waals surface area contributed by atoms with E-state index in [1.54, 1.807) is 33.9 Å². The van der Waals surface area contributed by atoms with E-state index in [0.717, 1.165) is 11.3 Å². The van der Waals surface area contributed by atoms with Gasteiger partial charge in [-0.3, -0.25) is 19.1 Å². The number of carbonyl (C=O) groups is 1. The largest absolute Gasteiger partial charge is 0.399 e. The SMILES string of the molecule is C=CC(=O)N1CC2Cc3c(c4cc(F)c(-c5cc(N)ccc5Cl)nc4n(-c4c(C)ccnc4C(C)C)c3=O)N2CC1C. The summed E-state index contributed by atoms with van der Waals surface area (Å²) < 4.78 is 17.7. The van der Waals surface area contributed by atoms with Crippen LogP contribution in [0, 0.1) is 12.7 Å². The van der Waals surface area contributed by atoms with Gasteiger partial charge >= 0.3 is 0 Å². The van der Waals surface area contributed by atoms with Crippen molar-refractivity contribution in [2.24, 2.45) is 0 Å². The van der Waals surface area contributed by atoms with E-state index in [1.807, 2.05) is 33.8 Å². The fourth-order valence-electron chi connectivity index (χ4n) is 6.38. The Labute approximate surface area is 248 Å². The number of aromatic nitrogens is 3. The Hall–Kier alpha value is -4.24. The van der Waals surface area contributed by atoms with Crippen LogP contribution in [0.4, 0.5) is 15.8 Å². The minimum Gasteiger partial charge on any atom is -0.399 e. The number of aryl methyl sites for hydroxylation is 1. The fourth-order valence-corrected chi connectivity index (χ4v) is 6.59. The van der Waals surface area contributed by atoms with E-state index < -0.39 is 5.82 Å². The smallest absolute Gasteiger partial charge is 0.262 e. The van der Waals surface area contributed by atoms with Gasteiger partial charge in [-0.05, 0) is 61.7 Å². The summed E-state index contributed by atoms with van der Waals surface area (Å²) in [4.78, 5) is 40.6. The van der Waals surface area contributed by atoms with Crippen molar-refractivity contribution in [3.8, 4) is 16.9 Å². The number of piperazine rings is 1. The van der Waals surface area contributed by atoms with Gasteiger partial charge < -0.3 is 15.5 Å². The fraction of sp³-hybridized carbons (Fsp3) is 0.312. The van der Waals surface area contributed by atoms with Crippen LogP contribution >= 0.6 is 11.6 Å². The molecule has 0 spiro atoms. The molecule has 1 amide bonds. The quantitative estimate of drug-likeness (QED) is 0.254. The molecule has 1 saturated heterocycles. The number of amides is 1. The average Bonchev–Trinajstić information content (AvgIpc) is 3.33. The molecule has 0 bridgehead atoms. The number of fused-ring (bicyclic) bond motifs is 5. The van der Waals surface area contributed by atoms with Crippen LogP contribution in [0.1, 0.15) is 43.5 Å². The van der Waals surface area contributed by atoms with Gasteiger partial charge in [-0.1, -0.05) is 32.0 Å². The van der Waals surface area contributed by atoms with Crippen molar-refractivity contribution >= 4 is 39.9 Å². The molecule has 3 aromatic heterocycles. The molecule has 42 heavy (non-hydrogen) atoms. The zero-order valence-electron chi connectivity index (χ0n) is 24.0. The van der Waals surface area contributed by atoms with Gasteiger partial charge in [-0.2, -0.15) is 0 Å². The third kappa shape index (κ3) is 4.26. The number of benzene rings is 1. The van der Waals surface area contributed by atoms with Crippen molar-refractivity contribution in [2.45, 2.75) is 52.1 Å². The van der Waals surface area contributed by atoms with Crippen LogP contribution < -0.4 is 16.2 Å². The van der Waals surface area contributed by atoms with Crippen LogP contribution in [0.15, 0.2) is 54.0 Å². The summed E-state index contributed by atoms with van der Waals surface area (Å²) in [5.74, 6) is -0.722. The Morgan fingerprint density at radius 1 is 1.21 bits per heavy atom. The van der Waals surface area contributed by atoms with E-state index in [1.165, 1.54) is 12.1 Å². The van der Waals surface area contributed by atoms with E-state index in [4.69, 9.17) is 22.3 Å². The van der Waals surface area contributed by atoms with Crippen LogP contribution in [0.25, 0.3) is 28.0 Å². The number of nitrogens with zero attached hydrogens (tertiary/aromatic N) is 5. The highest BCUT2D eigenvalue weighted by atomic mass is 35.5. The molecule has 1 fully saturated rings. The third-order valence-electron chi connectivity index (χ3n) is 8.37. The summed E-state index contributed by atoms with van der Waals surface area (Å²) in [6.45, 7) is 12.5. The first-order valence-electron chi connectivity index (χ1n) is 14.0. The Bertz CT molecular complexity index is 1850. The predicted octanol–water partition coefficient (Wildman–Crippen LogP) is 5.40. The molecule has 216 valence electrons. The van der Waals surface area contributed by atoms with Crippen molar-refractivity contribution in [1.82, 2.24) is 19.4 Å². The van der Waals surface area contributed by atoms with Crippen molar-refractivity contribution in [1.29, 1.82) is 0 Å². The number of nitrogens with two attached hydrogens (primary N) is 1. The normalized spacial score (nSPS) is 18.0. The highest BCUT2D eigenvalue weighted by molar-refractivity contribution is 6.33. The number of rotatable bonds is 4.